The zero-order valence-corrected chi connectivity index (χ0v) is 9.84. The van der Waals surface area contributed by atoms with E-state index in [0.717, 1.165) is 12.3 Å². The summed E-state index contributed by atoms with van der Waals surface area (Å²) in [5, 5.41) is 0. The molecule has 2 nitrogen and oxygen atoms in total. The van der Waals surface area contributed by atoms with Crippen LogP contribution >= 0.6 is 0 Å². The van der Waals surface area contributed by atoms with Crippen molar-refractivity contribution in [2.45, 2.75) is 12.0 Å². The monoisotopic (exact) mass is 225 g/mol. The zero-order chi connectivity index (χ0) is 11.7. The molecule has 17 heavy (non-hydrogen) atoms. The average Bonchev–Trinajstić information content (AvgIpc) is 2.82. The lowest BCUT2D eigenvalue weighted by molar-refractivity contribution is 0.441. The Bertz CT molecular complexity index is 515. The van der Waals surface area contributed by atoms with Crippen LogP contribution in [0.25, 0.3) is 0 Å². The van der Waals surface area contributed by atoms with E-state index in [9.17, 15) is 0 Å². The summed E-state index contributed by atoms with van der Waals surface area (Å²) >= 11 is 0. The van der Waals surface area contributed by atoms with Gasteiger partial charge in [0.2, 0.25) is 0 Å². The van der Waals surface area contributed by atoms with Crippen LogP contribution < -0.4 is 4.90 Å². The van der Waals surface area contributed by atoms with Crippen LogP contribution in [0.15, 0.2) is 65.3 Å². The zero-order valence-electron chi connectivity index (χ0n) is 9.84. The highest BCUT2D eigenvalue weighted by Crippen LogP contribution is 2.42. The molecule has 0 fully saturated rings. The Morgan fingerprint density at radius 1 is 1.12 bits per heavy atom. The van der Waals surface area contributed by atoms with Crippen molar-refractivity contribution in [1.82, 2.24) is 0 Å². The van der Waals surface area contributed by atoms with Crippen molar-refractivity contribution in [2.75, 3.05) is 11.9 Å². The maximum atomic E-state index is 5.49. The number of rotatable bonds is 3. The van der Waals surface area contributed by atoms with Crippen LogP contribution in [0.3, 0.4) is 0 Å². The van der Waals surface area contributed by atoms with Crippen LogP contribution in [0.5, 0.6) is 0 Å². The van der Waals surface area contributed by atoms with Gasteiger partial charge >= 0.3 is 0 Å². The summed E-state index contributed by atoms with van der Waals surface area (Å²) in [7, 11) is 2.08. The van der Waals surface area contributed by atoms with Crippen LogP contribution in [-0.2, 0) is 5.54 Å². The lowest BCUT2D eigenvalue weighted by Gasteiger charge is -2.44. The summed E-state index contributed by atoms with van der Waals surface area (Å²) < 4.78 is 5.49. The quantitative estimate of drug-likeness (QED) is 0.742. The van der Waals surface area contributed by atoms with Gasteiger partial charge in [-0.05, 0) is 18.1 Å². The van der Waals surface area contributed by atoms with E-state index >= 15 is 0 Å². The number of benzene rings is 1. The predicted octanol–water partition coefficient (Wildman–Crippen LogP) is 3.57. The minimum atomic E-state index is -0.0425. The number of furan rings is 1. The Morgan fingerprint density at radius 2 is 1.88 bits per heavy atom. The van der Waals surface area contributed by atoms with Crippen LogP contribution in [0.4, 0.5) is 5.88 Å². The van der Waals surface area contributed by atoms with E-state index in [1.165, 1.54) is 5.56 Å². The van der Waals surface area contributed by atoms with Crippen molar-refractivity contribution < 1.29 is 4.42 Å². The van der Waals surface area contributed by atoms with Crippen molar-refractivity contribution in [3.8, 4) is 0 Å². The van der Waals surface area contributed by atoms with Gasteiger partial charge in [-0.3, -0.25) is 0 Å². The topological polar surface area (TPSA) is 16.4 Å². The number of anilines is 1. The van der Waals surface area contributed by atoms with Crippen molar-refractivity contribution in [3.05, 3.63) is 66.4 Å². The van der Waals surface area contributed by atoms with E-state index in [1.807, 2.05) is 18.2 Å². The van der Waals surface area contributed by atoms with Crippen LogP contribution in [0, 0.1) is 0 Å². The SMILES string of the molecule is CN(c1ccco1)C1(c2ccccc2)C=CC1. The summed E-state index contributed by atoms with van der Waals surface area (Å²) in [5.41, 5.74) is 1.26. The molecule has 1 heterocycles. The molecule has 1 aliphatic rings. The first kappa shape index (κ1) is 10.2. The normalized spacial score (nSPS) is 22.2. The van der Waals surface area contributed by atoms with Crippen LogP contribution in [-0.4, -0.2) is 7.05 Å². The Labute approximate surface area is 101 Å². The molecule has 0 aliphatic heterocycles. The van der Waals surface area contributed by atoms with Gasteiger partial charge in [0.15, 0.2) is 5.88 Å². The first-order chi connectivity index (χ1) is 8.33. The Balaban J connectivity index is 2.01. The highest BCUT2D eigenvalue weighted by molar-refractivity contribution is 5.50. The molecule has 0 spiro atoms. The molecule has 1 unspecified atom stereocenters. The number of likely N-dealkylation sites (N-methyl/N-ethyl adjacent to an activating group) is 1. The van der Waals surface area contributed by atoms with Gasteiger partial charge in [-0.1, -0.05) is 42.5 Å². The summed E-state index contributed by atoms with van der Waals surface area (Å²) in [6.07, 6.45) is 7.18. The molecule has 0 saturated carbocycles. The molecule has 2 heteroatoms. The van der Waals surface area contributed by atoms with E-state index in [1.54, 1.807) is 6.26 Å². The first-order valence-corrected chi connectivity index (χ1v) is 5.83. The van der Waals surface area contributed by atoms with E-state index in [2.05, 4.69) is 48.4 Å². The highest BCUT2D eigenvalue weighted by Gasteiger charge is 2.38. The molecule has 1 aromatic carbocycles. The Morgan fingerprint density at radius 3 is 2.41 bits per heavy atom. The third kappa shape index (κ3) is 1.48. The predicted molar refractivity (Wildman–Crippen MR) is 69.0 cm³/mol. The average molecular weight is 225 g/mol. The highest BCUT2D eigenvalue weighted by atomic mass is 16.3. The van der Waals surface area contributed by atoms with Crippen molar-refractivity contribution in [3.63, 3.8) is 0 Å². The molecule has 1 atom stereocenters. The van der Waals surface area contributed by atoms with Gasteiger partial charge in [-0.25, -0.2) is 0 Å². The summed E-state index contributed by atoms with van der Waals surface area (Å²) in [6, 6.07) is 14.5. The second-order valence-corrected chi connectivity index (χ2v) is 4.41. The van der Waals surface area contributed by atoms with E-state index in [4.69, 9.17) is 4.42 Å². The van der Waals surface area contributed by atoms with Crippen LogP contribution in [0.2, 0.25) is 0 Å². The van der Waals surface area contributed by atoms with E-state index < -0.39 is 0 Å². The van der Waals surface area contributed by atoms with Gasteiger partial charge < -0.3 is 9.32 Å². The molecule has 0 amide bonds. The molecule has 0 N–H and O–H groups in total. The van der Waals surface area contributed by atoms with Crippen LogP contribution in [0.1, 0.15) is 12.0 Å². The molecule has 0 bridgehead atoms. The third-order valence-electron chi connectivity index (χ3n) is 3.53. The van der Waals surface area contributed by atoms with Gasteiger partial charge in [-0.2, -0.15) is 0 Å². The molecule has 1 aliphatic carbocycles. The number of hydrogen-bond donors (Lipinski definition) is 0. The van der Waals surface area contributed by atoms with Gasteiger partial charge in [-0.15, -0.1) is 0 Å². The van der Waals surface area contributed by atoms with E-state index in [-0.39, 0.29) is 5.54 Å². The molecule has 1 aromatic heterocycles. The second-order valence-electron chi connectivity index (χ2n) is 4.41. The van der Waals surface area contributed by atoms with Gasteiger partial charge in [0.1, 0.15) is 0 Å². The molecule has 3 rings (SSSR count). The molecule has 2 aromatic rings. The standard InChI is InChI=1S/C15H15NO/c1-16(14-9-5-12-17-14)15(10-6-11-15)13-7-3-2-4-8-13/h2-10,12H,11H2,1H3. The third-order valence-corrected chi connectivity index (χ3v) is 3.53. The molecular weight excluding hydrogens is 210 g/mol. The molecule has 0 radical (unpaired) electrons. The van der Waals surface area contributed by atoms with E-state index in [0.29, 0.717) is 0 Å². The fourth-order valence-corrected chi connectivity index (χ4v) is 2.38. The summed E-state index contributed by atoms with van der Waals surface area (Å²) in [4.78, 5) is 2.20. The molecule has 0 saturated heterocycles. The lowest BCUT2D eigenvalue weighted by Crippen LogP contribution is -2.45. The van der Waals surface area contributed by atoms with Crippen molar-refractivity contribution in [2.24, 2.45) is 0 Å². The number of nitrogens with zero attached hydrogens (tertiary/aromatic N) is 1. The van der Waals surface area contributed by atoms with Crippen molar-refractivity contribution in [1.29, 1.82) is 0 Å². The summed E-state index contributed by atoms with van der Waals surface area (Å²) in [6.45, 7) is 0. The largest absolute Gasteiger partial charge is 0.449 e. The minimum absolute atomic E-state index is 0.0425. The maximum absolute atomic E-state index is 5.49. The van der Waals surface area contributed by atoms with Gasteiger partial charge in [0.05, 0.1) is 11.8 Å². The molecule has 86 valence electrons. The van der Waals surface area contributed by atoms with Crippen molar-refractivity contribution >= 4 is 5.88 Å². The first-order valence-electron chi connectivity index (χ1n) is 5.83. The fourth-order valence-electron chi connectivity index (χ4n) is 2.38. The minimum Gasteiger partial charge on any atom is -0.449 e. The summed E-state index contributed by atoms with van der Waals surface area (Å²) in [5.74, 6) is 0.901. The lowest BCUT2D eigenvalue weighted by atomic mass is 9.77. The Hall–Kier alpha value is -1.96. The van der Waals surface area contributed by atoms with Gasteiger partial charge in [0.25, 0.3) is 0 Å². The smallest absolute Gasteiger partial charge is 0.195 e. The van der Waals surface area contributed by atoms with Gasteiger partial charge in [0, 0.05) is 13.1 Å². The fraction of sp³-hybridized carbons (Fsp3) is 0.200. The maximum Gasteiger partial charge on any atom is 0.195 e. The molecular formula is C15H15NO. The number of hydrogen-bond acceptors (Lipinski definition) is 2. The Kier molecular flexibility index (Phi) is 2.29. The second kappa shape index (κ2) is 3.81.